The van der Waals surface area contributed by atoms with Crippen LogP contribution >= 0.6 is 0 Å². The smallest absolute Gasteiger partial charge is 0.263 e. The SMILES string of the molecule is Cc1ccc(S(=O)(=O)OC2CCC3(C)C4CCC5(C)C(C(C)CCCC(C)C)CCC5C4CC[C@H]3C2)cc1. The van der Waals surface area contributed by atoms with Gasteiger partial charge in [-0.3, -0.25) is 4.18 Å². The summed E-state index contributed by atoms with van der Waals surface area (Å²) in [5, 5.41) is 0. The topological polar surface area (TPSA) is 43.4 Å². The third-order valence-corrected chi connectivity index (χ3v) is 13.8. The molecule has 0 radical (unpaired) electrons. The van der Waals surface area contributed by atoms with Crippen molar-refractivity contribution in [2.24, 2.45) is 52.3 Å². The van der Waals surface area contributed by atoms with Crippen LogP contribution in [0.2, 0.25) is 0 Å². The van der Waals surface area contributed by atoms with Crippen molar-refractivity contribution in [3.8, 4) is 0 Å². The van der Waals surface area contributed by atoms with Crippen molar-refractivity contribution in [3.05, 3.63) is 29.8 Å². The van der Waals surface area contributed by atoms with Gasteiger partial charge in [-0.25, -0.2) is 0 Å². The Hall–Kier alpha value is -0.870. The first-order chi connectivity index (χ1) is 17.9. The Bertz CT molecular complexity index is 1060. The quantitative estimate of drug-likeness (QED) is 0.308. The van der Waals surface area contributed by atoms with Crippen LogP contribution in [-0.4, -0.2) is 14.5 Å². The zero-order chi connectivity index (χ0) is 27.3. The fourth-order valence-corrected chi connectivity index (χ4v) is 11.4. The highest BCUT2D eigenvalue weighted by Crippen LogP contribution is 2.68. The number of hydrogen-bond acceptors (Lipinski definition) is 3. The highest BCUT2D eigenvalue weighted by atomic mass is 32.2. The second kappa shape index (κ2) is 10.8. The molecular weight excluding hydrogens is 488 g/mol. The minimum Gasteiger partial charge on any atom is -0.263 e. The van der Waals surface area contributed by atoms with Gasteiger partial charge in [-0.05, 0) is 129 Å². The number of rotatable bonds is 8. The molecule has 4 aliphatic carbocycles. The fourth-order valence-electron chi connectivity index (χ4n) is 10.3. The summed E-state index contributed by atoms with van der Waals surface area (Å²) in [4.78, 5) is 0.293. The summed E-state index contributed by atoms with van der Waals surface area (Å²) in [7, 11) is -3.70. The fraction of sp³-hybridized carbons (Fsp3) is 0.824. The number of aryl methyl sites for hydroxylation is 1. The van der Waals surface area contributed by atoms with Crippen molar-refractivity contribution in [1.29, 1.82) is 0 Å². The lowest BCUT2D eigenvalue weighted by molar-refractivity contribution is -0.126. The van der Waals surface area contributed by atoms with Gasteiger partial charge in [0.05, 0.1) is 11.0 Å². The van der Waals surface area contributed by atoms with E-state index in [-0.39, 0.29) is 6.10 Å². The van der Waals surface area contributed by atoms with Crippen LogP contribution in [0.1, 0.15) is 117 Å². The van der Waals surface area contributed by atoms with Crippen molar-refractivity contribution >= 4 is 10.1 Å². The lowest BCUT2D eigenvalue weighted by atomic mass is 9.44. The molecule has 0 bridgehead atoms. The minimum absolute atomic E-state index is 0.174. The van der Waals surface area contributed by atoms with Crippen LogP contribution in [0.4, 0.5) is 0 Å². The zero-order valence-corrected chi connectivity index (χ0v) is 25.9. The molecule has 0 heterocycles. The molecule has 4 heteroatoms. The Kier molecular flexibility index (Phi) is 8.17. The van der Waals surface area contributed by atoms with E-state index < -0.39 is 10.1 Å². The standard InChI is InChI=1S/C34H54O3S/c1-23(2)8-7-9-25(4)30-16-17-31-29-15-12-26-22-27(37-38(35,36)28-13-10-24(3)11-14-28)18-20-33(26,5)32(29)19-21-34(30,31)6/h10-11,13-14,23,25-27,29-32H,7-9,12,15-22H2,1-6H3/t25?,26-,27?,29?,30?,31?,32?,33?,34?/m0/s1. The maximum Gasteiger partial charge on any atom is 0.297 e. The molecule has 0 saturated heterocycles. The van der Waals surface area contributed by atoms with Crippen molar-refractivity contribution in [2.45, 2.75) is 130 Å². The maximum atomic E-state index is 13.0. The van der Waals surface area contributed by atoms with Crippen LogP contribution in [0.5, 0.6) is 0 Å². The summed E-state index contributed by atoms with van der Waals surface area (Å²) < 4.78 is 31.9. The Balaban J connectivity index is 1.24. The summed E-state index contributed by atoms with van der Waals surface area (Å²) in [6, 6.07) is 7.07. The first kappa shape index (κ1) is 28.7. The molecule has 1 aromatic carbocycles. The summed E-state index contributed by atoms with van der Waals surface area (Å²) in [5.74, 6) is 5.75. The van der Waals surface area contributed by atoms with Gasteiger partial charge in [-0.2, -0.15) is 8.42 Å². The van der Waals surface area contributed by atoms with Gasteiger partial charge < -0.3 is 0 Å². The predicted molar refractivity (Wildman–Crippen MR) is 156 cm³/mol. The molecule has 8 unspecified atom stereocenters. The van der Waals surface area contributed by atoms with Gasteiger partial charge in [-0.1, -0.05) is 71.6 Å². The first-order valence-corrected chi connectivity index (χ1v) is 17.3. The van der Waals surface area contributed by atoms with Gasteiger partial charge >= 0.3 is 0 Å². The first-order valence-electron chi connectivity index (χ1n) is 15.9. The van der Waals surface area contributed by atoms with Gasteiger partial charge in [-0.15, -0.1) is 0 Å². The van der Waals surface area contributed by atoms with Gasteiger partial charge in [0, 0.05) is 0 Å². The van der Waals surface area contributed by atoms with Crippen LogP contribution in [0, 0.1) is 59.2 Å². The molecule has 214 valence electrons. The van der Waals surface area contributed by atoms with E-state index in [2.05, 4.69) is 34.6 Å². The molecule has 4 saturated carbocycles. The van der Waals surface area contributed by atoms with E-state index in [4.69, 9.17) is 4.18 Å². The normalized spacial score (nSPS) is 39.9. The zero-order valence-electron chi connectivity index (χ0n) is 25.0. The third kappa shape index (κ3) is 5.27. The molecule has 4 aliphatic rings. The van der Waals surface area contributed by atoms with Crippen molar-refractivity contribution < 1.29 is 12.6 Å². The summed E-state index contributed by atoms with van der Waals surface area (Å²) in [6.07, 6.45) is 15.2. The van der Waals surface area contributed by atoms with Crippen LogP contribution in [-0.2, 0) is 14.3 Å². The van der Waals surface area contributed by atoms with Gasteiger partial charge in [0.25, 0.3) is 10.1 Å². The van der Waals surface area contributed by atoms with Gasteiger partial charge in [0.2, 0.25) is 0 Å². The molecule has 0 spiro atoms. The average molecular weight is 543 g/mol. The number of hydrogen-bond donors (Lipinski definition) is 0. The van der Waals surface area contributed by atoms with Crippen LogP contribution < -0.4 is 0 Å². The van der Waals surface area contributed by atoms with Crippen molar-refractivity contribution in [3.63, 3.8) is 0 Å². The lowest BCUT2D eigenvalue weighted by Crippen LogP contribution is -2.54. The molecule has 0 aliphatic heterocycles. The third-order valence-electron chi connectivity index (χ3n) is 12.4. The molecular formula is C34H54O3S. The predicted octanol–water partition coefficient (Wildman–Crippen LogP) is 9.19. The molecule has 1 aromatic rings. The van der Waals surface area contributed by atoms with Gasteiger partial charge in [0.1, 0.15) is 0 Å². The Morgan fingerprint density at radius 1 is 0.868 bits per heavy atom. The summed E-state index contributed by atoms with van der Waals surface area (Å²) in [6.45, 7) is 14.5. The molecule has 38 heavy (non-hydrogen) atoms. The van der Waals surface area contributed by atoms with E-state index >= 15 is 0 Å². The molecule has 3 nitrogen and oxygen atoms in total. The molecule has 5 rings (SSSR count). The largest absolute Gasteiger partial charge is 0.297 e. The van der Waals surface area contributed by atoms with Gasteiger partial charge in [0.15, 0.2) is 0 Å². The Morgan fingerprint density at radius 3 is 2.26 bits per heavy atom. The summed E-state index contributed by atoms with van der Waals surface area (Å²) >= 11 is 0. The molecule has 0 aromatic heterocycles. The van der Waals surface area contributed by atoms with Crippen molar-refractivity contribution in [1.82, 2.24) is 0 Å². The molecule has 0 N–H and O–H groups in total. The maximum absolute atomic E-state index is 13.0. The monoisotopic (exact) mass is 542 g/mol. The highest BCUT2D eigenvalue weighted by molar-refractivity contribution is 7.86. The van der Waals surface area contributed by atoms with Crippen LogP contribution in [0.15, 0.2) is 29.2 Å². The molecule has 0 amide bonds. The van der Waals surface area contributed by atoms with Crippen LogP contribution in [0.3, 0.4) is 0 Å². The molecule has 9 atom stereocenters. The van der Waals surface area contributed by atoms with E-state index in [0.717, 1.165) is 60.3 Å². The Morgan fingerprint density at radius 2 is 1.55 bits per heavy atom. The summed E-state index contributed by atoms with van der Waals surface area (Å²) in [5.41, 5.74) is 1.94. The second-order valence-corrected chi connectivity index (χ2v) is 16.5. The van der Waals surface area contributed by atoms with E-state index in [1.807, 2.05) is 19.1 Å². The van der Waals surface area contributed by atoms with E-state index in [9.17, 15) is 8.42 Å². The number of benzene rings is 1. The van der Waals surface area contributed by atoms with Crippen molar-refractivity contribution in [2.75, 3.05) is 0 Å². The minimum atomic E-state index is -3.70. The van der Waals surface area contributed by atoms with E-state index in [0.29, 0.717) is 21.6 Å². The molecule has 4 fully saturated rings. The number of fused-ring (bicyclic) bond motifs is 5. The Labute approximate surface area is 234 Å². The van der Waals surface area contributed by atoms with E-state index in [1.165, 1.54) is 57.8 Å². The lowest BCUT2D eigenvalue weighted by Gasteiger charge is -2.61. The van der Waals surface area contributed by atoms with Crippen LogP contribution in [0.25, 0.3) is 0 Å². The highest BCUT2D eigenvalue weighted by Gasteiger charge is 2.60. The average Bonchev–Trinajstić information content (AvgIpc) is 3.21. The second-order valence-electron chi connectivity index (χ2n) is 14.9. The van der Waals surface area contributed by atoms with E-state index in [1.54, 1.807) is 12.1 Å².